The lowest BCUT2D eigenvalue weighted by atomic mass is 10.1. The van der Waals surface area contributed by atoms with Gasteiger partial charge in [-0.2, -0.15) is 0 Å². The van der Waals surface area contributed by atoms with Crippen molar-refractivity contribution in [1.29, 1.82) is 0 Å². The highest BCUT2D eigenvalue weighted by Gasteiger charge is 2.44. The molecule has 12 heteroatoms. The van der Waals surface area contributed by atoms with Crippen molar-refractivity contribution in [1.82, 2.24) is 19.5 Å². The lowest BCUT2D eigenvalue weighted by Gasteiger charge is -2.15. The maximum Gasteiger partial charge on any atom is 0.473 e. The van der Waals surface area contributed by atoms with Crippen molar-refractivity contribution in [3.8, 4) is 0 Å². The van der Waals surface area contributed by atoms with Gasteiger partial charge in [-0.1, -0.05) is 30.3 Å². The highest BCUT2D eigenvalue weighted by atomic mass is 16.6. The summed E-state index contributed by atoms with van der Waals surface area (Å²) in [5.41, 5.74) is 1.23. The minimum atomic E-state index is -1.38. The summed E-state index contributed by atoms with van der Waals surface area (Å²) < 4.78 is 6.76. The van der Waals surface area contributed by atoms with Crippen molar-refractivity contribution in [3.05, 3.63) is 52.3 Å². The number of nitro groups is 1. The van der Waals surface area contributed by atoms with Gasteiger partial charge in [-0.05, 0) is 20.5 Å². The van der Waals surface area contributed by atoms with E-state index in [-0.39, 0.29) is 17.0 Å². The quantitative estimate of drug-likeness (QED) is 0.324. The Morgan fingerprint density at radius 3 is 2.62 bits per heavy atom. The number of rotatable bonds is 6. The van der Waals surface area contributed by atoms with E-state index in [2.05, 4.69) is 20.3 Å². The number of nitrogens with zero attached hydrogens (tertiary/aromatic N) is 5. The Bertz CT molecular complexity index is 1030. The van der Waals surface area contributed by atoms with Gasteiger partial charge in [0, 0.05) is 6.54 Å². The van der Waals surface area contributed by atoms with Gasteiger partial charge in [0.1, 0.15) is 24.6 Å². The first-order valence-corrected chi connectivity index (χ1v) is 8.79. The molecule has 3 heterocycles. The SMILES string of the molecule is O=[N+]([O-])c1nc(NCc2ccccc2)c2ncn(C3OC(CO)C(O)C3O)c2n1. The molecule has 3 aromatic rings. The van der Waals surface area contributed by atoms with Crippen LogP contribution >= 0.6 is 0 Å². The number of ether oxygens (including phenoxy) is 1. The second-order valence-corrected chi connectivity index (χ2v) is 6.52. The highest BCUT2D eigenvalue weighted by molar-refractivity contribution is 5.83. The van der Waals surface area contributed by atoms with Crippen LogP contribution in [0.4, 0.5) is 11.8 Å². The van der Waals surface area contributed by atoms with E-state index in [0.29, 0.717) is 6.54 Å². The van der Waals surface area contributed by atoms with E-state index in [1.54, 1.807) is 0 Å². The summed E-state index contributed by atoms with van der Waals surface area (Å²) in [6.07, 6.45) is -3.53. The monoisotopic (exact) mass is 402 g/mol. The van der Waals surface area contributed by atoms with Crippen molar-refractivity contribution < 1.29 is 25.0 Å². The van der Waals surface area contributed by atoms with E-state index in [1.807, 2.05) is 30.3 Å². The van der Waals surface area contributed by atoms with Gasteiger partial charge in [-0.15, -0.1) is 0 Å². The molecule has 4 rings (SSSR count). The van der Waals surface area contributed by atoms with Crippen molar-refractivity contribution in [2.24, 2.45) is 0 Å². The predicted molar refractivity (Wildman–Crippen MR) is 98.8 cm³/mol. The van der Waals surface area contributed by atoms with Gasteiger partial charge in [0.05, 0.1) is 6.61 Å². The lowest BCUT2D eigenvalue weighted by Crippen LogP contribution is -2.33. The topological polar surface area (TPSA) is 169 Å². The fraction of sp³-hybridized carbons (Fsp3) is 0.353. The summed E-state index contributed by atoms with van der Waals surface area (Å²) in [5, 5.41) is 43.9. The van der Waals surface area contributed by atoms with Crippen LogP contribution in [0, 0.1) is 10.1 Å². The number of aromatic nitrogens is 4. The first-order valence-electron chi connectivity index (χ1n) is 8.79. The normalized spacial score (nSPS) is 24.1. The number of aliphatic hydroxyl groups excluding tert-OH is 3. The van der Waals surface area contributed by atoms with Gasteiger partial charge < -0.3 is 35.5 Å². The second kappa shape index (κ2) is 7.67. The van der Waals surface area contributed by atoms with Crippen LogP contribution in [-0.4, -0.2) is 64.7 Å². The Hall–Kier alpha value is -3.19. The number of fused-ring (bicyclic) bond motifs is 1. The maximum absolute atomic E-state index is 11.3. The van der Waals surface area contributed by atoms with Crippen LogP contribution in [0.5, 0.6) is 0 Å². The molecule has 0 saturated carbocycles. The molecule has 1 aromatic carbocycles. The van der Waals surface area contributed by atoms with E-state index in [9.17, 15) is 25.4 Å². The summed E-state index contributed by atoms with van der Waals surface area (Å²) in [7, 11) is 0. The third-order valence-corrected chi connectivity index (χ3v) is 4.67. The standard InChI is InChI=1S/C17H18N6O6/c24-7-10-12(25)13(26)16(29-10)22-8-19-11-14(18-6-9-4-2-1-3-5-9)20-17(23(27)28)21-15(11)22/h1-5,8,10,12-13,16,24-26H,6-7H2,(H,18,20,21). The van der Waals surface area contributed by atoms with E-state index >= 15 is 0 Å². The average molecular weight is 402 g/mol. The molecule has 1 saturated heterocycles. The summed E-state index contributed by atoms with van der Waals surface area (Å²) in [6, 6.07) is 9.38. The van der Waals surface area contributed by atoms with Crippen LogP contribution in [0.2, 0.25) is 0 Å². The minimum absolute atomic E-state index is 0.0529. The summed E-state index contributed by atoms with van der Waals surface area (Å²) in [5.74, 6) is -0.502. The molecule has 0 amide bonds. The number of benzene rings is 1. The smallest absolute Gasteiger partial charge is 0.394 e. The molecule has 4 unspecified atom stereocenters. The maximum atomic E-state index is 11.3. The van der Waals surface area contributed by atoms with Gasteiger partial charge in [0.25, 0.3) is 0 Å². The zero-order chi connectivity index (χ0) is 20.5. The van der Waals surface area contributed by atoms with E-state index in [4.69, 9.17) is 4.74 Å². The fourth-order valence-electron chi connectivity index (χ4n) is 3.19. The van der Waals surface area contributed by atoms with Crippen molar-refractivity contribution in [3.63, 3.8) is 0 Å². The number of aliphatic hydroxyl groups is 3. The van der Waals surface area contributed by atoms with Crippen molar-refractivity contribution >= 4 is 22.9 Å². The predicted octanol–water partition coefficient (Wildman–Crippen LogP) is -0.0419. The Morgan fingerprint density at radius 1 is 1.21 bits per heavy atom. The Kier molecular flexibility index (Phi) is 5.07. The molecular weight excluding hydrogens is 384 g/mol. The number of imidazole rings is 1. The molecule has 0 bridgehead atoms. The Balaban J connectivity index is 1.73. The van der Waals surface area contributed by atoms with Crippen LogP contribution < -0.4 is 5.32 Å². The van der Waals surface area contributed by atoms with Gasteiger partial charge in [0.15, 0.2) is 11.7 Å². The number of anilines is 1. The lowest BCUT2D eigenvalue weighted by molar-refractivity contribution is -0.394. The van der Waals surface area contributed by atoms with Gasteiger partial charge in [0.2, 0.25) is 11.5 Å². The molecule has 29 heavy (non-hydrogen) atoms. The molecule has 0 spiro atoms. The van der Waals surface area contributed by atoms with Crippen LogP contribution in [0.1, 0.15) is 11.8 Å². The molecule has 152 valence electrons. The average Bonchev–Trinajstić information content (AvgIpc) is 3.28. The van der Waals surface area contributed by atoms with Gasteiger partial charge in [-0.3, -0.25) is 4.57 Å². The minimum Gasteiger partial charge on any atom is -0.394 e. The van der Waals surface area contributed by atoms with E-state index < -0.39 is 42.0 Å². The van der Waals surface area contributed by atoms with Crippen molar-refractivity contribution in [2.45, 2.75) is 31.1 Å². The highest BCUT2D eigenvalue weighted by Crippen LogP contribution is 2.33. The molecule has 1 fully saturated rings. The van der Waals surface area contributed by atoms with E-state index in [0.717, 1.165) is 5.56 Å². The second-order valence-electron chi connectivity index (χ2n) is 6.52. The molecule has 1 aliphatic rings. The van der Waals surface area contributed by atoms with Gasteiger partial charge in [-0.25, -0.2) is 4.98 Å². The van der Waals surface area contributed by atoms with Crippen molar-refractivity contribution in [2.75, 3.05) is 11.9 Å². The molecule has 2 aromatic heterocycles. The Labute approximate surface area is 163 Å². The summed E-state index contributed by atoms with van der Waals surface area (Å²) in [6.45, 7) is -0.148. The van der Waals surface area contributed by atoms with Crippen LogP contribution in [0.15, 0.2) is 36.7 Å². The zero-order valence-corrected chi connectivity index (χ0v) is 15.0. The third kappa shape index (κ3) is 3.49. The van der Waals surface area contributed by atoms with Crippen LogP contribution in [0.3, 0.4) is 0 Å². The molecule has 0 aliphatic carbocycles. The molecule has 1 aliphatic heterocycles. The third-order valence-electron chi connectivity index (χ3n) is 4.67. The first-order chi connectivity index (χ1) is 14.0. The fourth-order valence-corrected chi connectivity index (χ4v) is 3.19. The molecule has 12 nitrogen and oxygen atoms in total. The largest absolute Gasteiger partial charge is 0.473 e. The Morgan fingerprint density at radius 2 is 1.97 bits per heavy atom. The molecule has 4 atom stereocenters. The summed E-state index contributed by atoms with van der Waals surface area (Å²) in [4.78, 5) is 22.6. The van der Waals surface area contributed by atoms with Crippen LogP contribution in [-0.2, 0) is 11.3 Å². The van der Waals surface area contributed by atoms with Gasteiger partial charge >= 0.3 is 5.95 Å². The number of nitrogens with one attached hydrogen (secondary N) is 1. The van der Waals surface area contributed by atoms with Crippen LogP contribution in [0.25, 0.3) is 11.2 Å². The number of hydrogen-bond acceptors (Lipinski definition) is 10. The van der Waals surface area contributed by atoms with E-state index in [1.165, 1.54) is 10.9 Å². The molecular formula is C17H18N6O6. The first kappa shape index (κ1) is 19.1. The molecule has 0 radical (unpaired) electrons. The number of hydrogen-bond donors (Lipinski definition) is 4. The molecule has 4 N–H and O–H groups in total. The summed E-state index contributed by atoms with van der Waals surface area (Å²) >= 11 is 0. The zero-order valence-electron chi connectivity index (χ0n) is 15.0.